The van der Waals surface area contributed by atoms with Gasteiger partial charge < -0.3 is 5.32 Å². The summed E-state index contributed by atoms with van der Waals surface area (Å²) in [5.74, 6) is -0.247. The minimum atomic E-state index is -0.247. The summed E-state index contributed by atoms with van der Waals surface area (Å²) in [5.41, 5.74) is 5.13. The van der Waals surface area contributed by atoms with E-state index in [1.54, 1.807) is 11.6 Å². The van der Waals surface area contributed by atoms with Crippen LogP contribution in [0.25, 0.3) is 0 Å². The Morgan fingerprint density at radius 1 is 1.08 bits per heavy atom. The summed E-state index contributed by atoms with van der Waals surface area (Å²) in [6.07, 6.45) is 0. The molecule has 0 unspecified atom stereocenters. The Labute approximate surface area is 152 Å². The lowest BCUT2D eigenvalue weighted by Gasteiger charge is -2.07. The second-order valence-electron chi connectivity index (χ2n) is 6.22. The summed E-state index contributed by atoms with van der Waals surface area (Å²) < 4.78 is 1.66. The number of halogens is 1. The molecule has 0 fully saturated rings. The quantitative estimate of drug-likeness (QED) is 0.734. The topological polar surface area (TPSA) is 46.9 Å². The Morgan fingerprint density at radius 3 is 2.48 bits per heavy atom. The Hall–Kier alpha value is -2.59. The van der Waals surface area contributed by atoms with Gasteiger partial charge >= 0.3 is 0 Å². The van der Waals surface area contributed by atoms with Gasteiger partial charge in [0.1, 0.15) is 5.15 Å². The molecule has 25 heavy (non-hydrogen) atoms. The molecule has 5 heteroatoms. The van der Waals surface area contributed by atoms with E-state index in [-0.39, 0.29) is 5.91 Å². The van der Waals surface area contributed by atoms with Crippen LogP contribution in [0.1, 0.15) is 32.7 Å². The van der Waals surface area contributed by atoms with E-state index in [9.17, 15) is 4.79 Å². The molecule has 1 amide bonds. The van der Waals surface area contributed by atoms with Crippen molar-refractivity contribution in [3.63, 3.8) is 0 Å². The number of aromatic nitrogens is 2. The Morgan fingerprint density at radius 2 is 1.80 bits per heavy atom. The Kier molecular flexibility index (Phi) is 4.91. The molecular formula is C20H20ClN3O. The summed E-state index contributed by atoms with van der Waals surface area (Å²) >= 11 is 6.44. The molecule has 3 aromatic rings. The maximum atomic E-state index is 12.6. The van der Waals surface area contributed by atoms with Gasteiger partial charge in [0.15, 0.2) is 0 Å². The molecule has 0 radical (unpaired) electrons. The maximum Gasteiger partial charge on any atom is 0.260 e. The zero-order chi connectivity index (χ0) is 18.0. The number of amides is 1. The fourth-order valence-electron chi connectivity index (χ4n) is 2.70. The fraction of sp³-hybridized carbons (Fsp3) is 0.200. The first-order valence-corrected chi connectivity index (χ1v) is 8.48. The molecule has 1 aromatic heterocycles. The first-order chi connectivity index (χ1) is 11.9. The number of carbonyl (C=O) groups excluding carboxylic acids is 1. The second-order valence-corrected chi connectivity index (χ2v) is 6.58. The third-order valence-electron chi connectivity index (χ3n) is 4.02. The summed E-state index contributed by atoms with van der Waals surface area (Å²) in [5, 5.41) is 7.67. The molecule has 0 bridgehead atoms. The van der Waals surface area contributed by atoms with E-state index in [0.29, 0.717) is 23.0 Å². The third-order valence-corrected chi connectivity index (χ3v) is 4.41. The average molecular weight is 354 g/mol. The van der Waals surface area contributed by atoms with Gasteiger partial charge in [-0.2, -0.15) is 5.10 Å². The first kappa shape index (κ1) is 17.2. The van der Waals surface area contributed by atoms with Crippen molar-refractivity contribution < 1.29 is 4.79 Å². The lowest BCUT2D eigenvalue weighted by Crippen LogP contribution is -2.13. The highest BCUT2D eigenvalue weighted by Crippen LogP contribution is 2.22. The van der Waals surface area contributed by atoms with Crippen LogP contribution in [-0.4, -0.2) is 15.7 Å². The molecule has 2 aromatic carbocycles. The van der Waals surface area contributed by atoms with Gasteiger partial charge in [0.25, 0.3) is 5.91 Å². The number of rotatable bonds is 4. The number of hydrogen-bond acceptors (Lipinski definition) is 2. The van der Waals surface area contributed by atoms with Crippen LogP contribution in [0, 0.1) is 20.8 Å². The molecule has 0 aliphatic heterocycles. The molecule has 128 valence electrons. The summed E-state index contributed by atoms with van der Waals surface area (Å²) in [6.45, 7) is 6.34. The number of nitrogens with zero attached hydrogens (tertiary/aromatic N) is 2. The van der Waals surface area contributed by atoms with Crippen LogP contribution in [0.2, 0.25) is 5.15 Å². The minimum absolute atomic E-state index is 0.247. The van der Waals surface area contributed by atoms with Crippen LogP contribution in [0.4, 0.5) is 5.69 Å². The van der Waals surface area contributed by atoms with Gasteiger partial charge in [-0.1, -0.05) is 53.6 Å². The van der Waals surface area contributed by atoms with Crippen molar-refractivity contribution in [1.29, 1.82) is 0 Å². The highest BCUT2D eigenvalue weighted by Gasteiger charge is 2.20. The predicted octanol–water partition coefficient (Wildman–Crippen LogP) is 4.76. The van der Waals surface area contributed by atoms with Crippen molar-refractivity contribution in [3.05, 3.63) is 81.6 Å². The van der Waals surface area contributed by atoms with Crippen molar-refractivity contribution in [2.45, 2.75) is 27.3 Å². The third kappa shape index (κ3) is 3.91. The molecule has 0 saturated heterocycles. The smallest absolute Gasteiger partial charge is 0.260 e. The van der Waals surface area contributed by atoms with Crippen molar-refractivity contribution >= 4 is 23.2 Å². The molecule has 0 aliphatic rings. The normalized spacial score (nSPS) is 10.7. The van der Waals surface area contributed by atoms with E-state index < -0.39 is 0 Å². The molecule has 1 N–H and O–H groups in total. The summed E-state index contributed by atoms with van der Waals surface area (Å²) in [7, 11) is 0. The van der Waals surface area contributed by atoms with E-state index in [1.165, 1.54) is 5.56 Å². The number of hydrogen-bond donors (Lipinski definition) is 1. The van der Waals surface area contributed by atoms with Crippen LogP contribution in [-0.2, 0) is 6.54 Å². The molecule has 4 nitrogen and oxygen atoms in total. The van der Waals surface area contributed by atoms with Crippen LogP contribution in [0.3, 0.4) is 0 Å². The van der Waals surface area contributed by atoms with E-state index in [2.05, 4.69) is 10.4 Å². The molecule has 0 saturated carbocycles. The van der Waals surface area contributed by atoms with Gasteiger partial charge in [0.2, 0.25) is 0 Å². The van der Waals surface area contributed by atoms with Crippen LogP contribution >= 0.6 is 11.6 Å². The number of carbonyl (C=O) groups is 1. The van der Waals surface area contributed by atoms with E-state index in [0.717, 1.165) is 16.8 Å². The monoisotopic (exact) mass is 353 g/mol. The van der Waals surface area contributed by atoms with Gasteiger partial charge in [0, 0.05) is 5.69 Å². The van der Waals surface area contributed by atoms with Gasteiger partial charge in [0.05, 0.1) is 17.8 Å². The molecule has 1 heterocycles. The molecule has 0 atom stereocenters. The van der Waals surface area contributed by atoms with Crippen molar-refractivity contribution in [3.8, 4) is 0 Å². The minimum Gasteiger partial charge on any atom is -0.322 e. The molecular weight excluding hydrogens is 334 g/mol. The second kappa shape index (κ2) is 7.11. The maximum absolute atomic E-state index is 12.6. The summed E-state index contributed by atoms with van der Waals surface area (Å²) in [4.78, 5) is 12.6. The van der Waals surface area contributed by atoms with E-state index >= 15 is 0 Å². The SMILES string of the molecule is Cc1ccc(Cn2nc(C)c(C(=O)Nc3cccc(C)c3)c2Cl)cc1. The Bertz CT molecular complexity index is 913. The Balaban J connectivity index is 1.83. The fourth-order valence-corrected chi connectivity index (χ4v) is 3.02. The first-order valence-electron chi connectivity index (χ1n) is 8.10. The lowest BCUT2D eigenvalue weighted by molar-refractivity contribution is 0.102. The van der Waals surface area contributed by atoms with Gasteiger partial charge in [-0.25, -0.2) is 4.68 Å². The lowest BCUT2D eigenvalue weighted by atomic mass is 10.1. The van der Waals surface area contributed by atoms with Crippen molar-refractivity contribution in [2.24, 2.45) is 0 Å². The largest absolute Gasteiger partial charge is 0.322 e. The van der Waals surface area contributed by atoms with Crippen molar-refractivity contribution in [2.75, 3.05) is 5.32 Å². The van der Waals surface area contributed by atoms with E-state index in [4.69, 9.17) is 11.6 Å². The number of anilines is 1. The number of nitrogens with one attached hydrogen (secondary N) is 1. The number of benzene rings is 2. The molecule has 0 aliphatic carbocycles. The molecule has 0 spiro atoms. The van der Waals surface area contributed by atoms with Gasteiger partial charge in [-0.15, -0.1) is 0 Å². The van der Waals surface area contributed by atoms with Crippen LogP contribution < -0.4 is 5.32 Å². The van der Waals surface area contributed by atoms with Crippen molar-refractivity contribution in [1.82, 2.24) is 9.78 Å². The zero-order valence-electron chi connectivity index (χ0n) is 14.5. The van der Waals surface area contributed by atoms with Gasteiger partial charge in [-0.05, 0) is 44.0 Å². The number of aryl methyl sites for hydroxylation is 3. The standard InChI is InChI=1S/C20H20ClN3O/c1-13-7-9-16(10-8-13)12-24-19(21)18(15(3)23-24)20(25)22-17-6-4-5-14(2)11-17/h4-11H,12H2,1-3H3,(H,22,25). The highest BCUT2D eigenvalue weighted by molar-refractivity contribution is 6.33. The average Bonchev–Trinajstić information content (AvgIpc) is 2.83. The predicted molar refractivity (Wildman–Crippen MR) is 101 cm³/mol. The molecule has 3 rings (SSSR count). The van der Waals surface area contributed by atoms with Gasteiger partial charge in [-0.3, -0.25) is 4.79 Å². The summed E-state index contributed by atoms with van der Waals surface area (Å²) in [6, 6.07) is 15.8. The van der Waals surface area contributed by atoms with Crippen LogP contribution in [0.5, 0.6) is 0 Å². The van der Waals surface area contributed by atoms with E-state index in [1.807, 2.05) is 62.4 Å². The van der Waals surface area contributed by atoms with Crippen LogP contribution in [0.15, 0.2) is 48.5 Å². The highest BCUT2D eigenvalue weighted by atomic mass is 35.5. The zero-order valence-corrected chi connectivity index (χ0v) is 15.3.